The van der Waals surface area contributed by atoms with Gasteiger partial charge in [0.05, 0.1) is 17.8 Å². The van der Waals surface area contributed by atoms with Crippen LogP contribution in [0.25, 0.3) is 0 Å². The number of hydrogen-bond acceptors (Lipinski definition) is 3. The molecule has 2 heterocycles. The Labute approximate surface area is 128 Å². The summed E-state index contributed by atoms with van der Waals surface area (Å²) in [5, 5.41) is 0.390. The van der Waals surface area contributed by atoms with Crippen molar-refractivity contribution in [1.82, 2.24) is 4.98 Å². The molecule has 1 aromatic carbocycles. The number of carbonyl (C=O) groups excluding carboxylic acids is 2. The SMILES string of the molecule is O=C1C(=O)N(Cc2ccc(Cl)nc2)c2cccc(Br)c21. The molecule has 0 N–H and O–H groups in total. The fourth-order valence-electron chi connectivity index (χ4n) is 2.14. The second kappa shape index (κ2) is 5.00. The molecule has 1 aliphatic rings. The van der Waals surface area contributed by atoms with E-state index in [1.165, 1.54) is 4.90 Å². The van der Waals surface area contributed by atoms with Crippen molar-refractivity contribution in [2.75, 3.05) is 4.90 Å². The predicted molar refractivity (Wildman–Crippen MR) is 78.9 cm³/mol. The highest BCUT2D eigenvalue weighted by Crippen LogP contribution is 2.35. The molecule has 0 spiro atoms. The van der Waals surface area contributed by atoms with Crippen LogP contribution in [0.4, 0.5) is 5.69 Å². The number of halogens is 2. The highest BCUT2D eigenvalue weighted by atomic mass is 79.9. The number of anilines is 1. The second-order valence-corrected chi connectivity index (χ2v) is 5.59. The number of benzene rings is 1. The summed E-state index contributed by atoms with van der Waals surface area (Å²) >= 11 is 9.04. The van der Waals surface area contributed by atoms with E-state index in [4.69, 9.17) is 11.6 Å². The van der Waals surface area contributed by atoms with E-state index in [2.05, 4.69) is 20.9 Å². The van der Waals surface area contributed by atoms with Gasteiger partial charge in [-0.25, -0.2) is 4.98 Å². The van der Waals surface area contributed by atoms with Crippen molar-refractivity contribution in [3.8, 4) is 0 Å². The molecular formula is C14H8BrClN2O2. The van der Waals surface area contributed by atoms with E-state index in [1.54, 1.807) is 36.5 Å². The Morgan fingerprint density at radius 3 is 2.70 bits per heavy atom. The molecule has 20 heavy (non-hydrogen) atoms. The van der Waals surface area contributed by atoms with Crippen LogP contribution in [0.3, 0.4) is 0 Å². The van der Waals surface area contributed by atoms with Crippen LogP contribution in [-0.4, -0.2) is 16.7 Å². The summed E-state index contributed by atoms with van der Waals surface area (Å²) in [4.78, 5) is 29.5. The summed E-state index contributed by atoms with van der Waals surface area (Å²) in [6.07, 6.45) is 1.59. The molecular weight excluding hydrogens is 344 g/mol. The Morgan fingerprint density at radius 2 is 2.00 bits per heavy atom. The van der Waals surface area contributed by atoms with Crippen LogP contribution >= 0.6 is 27.5 Å². The molecule has 0 unspecified atom stereocenters. The van der Waals surface area contributed by atoms with Gasteiger partial charge in [0, 0.05) is 10.7 Å². The smallest absolute Gasteiger partial charge is 0.299 e. The van der Waals surface area contributed by atoms with Gasteiger partial charge in [-0.3, -0.25) is 9.59 Å². The predicted octanol–water partition coefficient (Wildman–Crippen LogP) is 3.23. The summed E-state index contributed by atoms with van der Waals surface area (Å²) < 4.78 is 0.630. The highest BCUT2D eigenvalue weighted by molar-refractivity contribution is 9.10. The van der Waals surface area contributed by atoms with Crippen LogP contribution in [0.15, 0.2) is 41.0 Å². The molecule has 100 valence electrons. The van der Waals surface area contributed by atoms with E-state index in [9.17, 15) is 9.59 Å². The van der Waals surface area contributed by atoms with Crippen LogP contribution in [0.1, 0.15) is 15.9 Å². The maximum Gasteiger partial charge on any atom is 0.299 e. The van der Waals surface area contributed by atoms with Crippen molar-refractivity contribution >= 4 is 44.9 Å². The molecule has 0 aliphatic carbocycles. The highest BCUT2D eigenvalue weighted by Gasteiger charge is 2.37. The van der Waals surface area contributed by atoms with Crippen molar-refractivity contribution in [2.24, 2.45) is 0 Å². The fraction of sp³-hybridized carbons (Fsp3) is 0.0714. The van der Waals surface area contributed by atoms with Crippen LogP contribution in [0, 0.1) is 0 Å². The first kappa shape index (κ1) is 13.3. The molecule has 6 heteroatoms. The Balaban J connectivity index is 1.99. The normalized spacial score (nSPS) is 13.8. The minimum atomic E-state index is -0.526. The Hall–Kier alpha value is -1.72. The number of ketones is 1. The molecule has 0 bridgehead atoms. The molecule has 1 aromatic heterocycles. The lowest BCUT2D eigenvalue weighted by Gasteiger charge is -2.16. The summed E-state index contributed by atoms with van der Waals surface area (Å²) in [5.41, 5.74) is 1.84. The van der Waals surface area contributed by atoms with E-state index >= 15 is 0 Å². The molecule has 4 nitrogen and oxygen atoms in total. The standard InChI is InChI=1S/C14H8BrClN2O2/c15-9-2-1-3-10-12(9)13(19)14(20)18(10)7-8-4-5-11(16)17-6-8/h1-6H,7H2. The van der Waals surface area contributed by atoms with Crippen LogP contribution in [-0.2, 0) is 11.3 Å². The number of Topliss-reactive ketones (excluding diaryl/α,β-unsaturated/α-hetero) is 1. The molecule has 2 aromatic rings. The number of nitrogens with zero attached hydrogens (tertiary/aromatic N) is 2. The molecule has 0 saturated carbocycles. The lowest BCUT2D eigenvalue weighted by molar-refractivity contribution is -0.114. The average Bonchev–Trinajstić information content (AvgIpc) is 2.67. The van der Waals surface area contributed by atoms with Crippen molar-refractivity contribution < 1.29 is 9.59 Å². The third kappa shape index (κ3) is 2.13. The van der Waals surface area contributed by atoms with Gasteiger partial charge < -0.3 is 4.90 Å². The molecule has 1 aliphatic heterocycles. The number of amides is 1. The lowest BCUT2D eigenvalue weighted by atomic mass is 10.1. The zero-order chi connectivity index (χ0) is 14.3. The number of aromatic nitrogens is 1. The summed E-state index contributed by atoms with van der Waals surface area (Å²) in [7, 11) is 0. The van der Waals surface area contributed by atoms with Gasteiger partial charge in [-0.05, 0) is 39.7 Å². The number of hydrogen-bond donors (Lipinski definition) is 0. The third-order valence-corrected chi connectivity index (χ3v) is 3.96. The molecule has 0 saturated heterocycles. The first-order valence-corrected chi connectivity index (χ1v) is 7.00. The van der Waals surface area contributed by atoms with Crippen molar-refractivity contribution in [3.05, 3.63) is 57.3 Å². The zero-order valence-corrected chi connectivity index (χ0v) is 12.5. The van der Waals surface area contributed by atoms with Gasteiger partial charge in [0.15, 0.2) is 0 Å². The van der Waals surface area contributed by atoms with Gasteiger partial charge in [0.2, 0.25) is 0 Å². The van der Waals surface area contributed by atoms with Gasteiger partial charge in [-0.2, -0.15) is 0 Å². The summed E-state index contributed by atoms with van der Waals surface area (Å²) in [5.74, 6) is -1.02. The number of pyridine rings is 1. The topological polar surface area (TPSA) is 50.3 Å². The molecule has 0 fully saturated rings. The molecule has 0 radical (unpaired) electrons. The quantitative estimate of drug-likeness (QED) is 0.616. The largest absolute Gasteiger partial charge is 0.300 e. The Kier molecular flexibility index (Phi) is 3.31. The van der Waals surface area contributed by atoms with Gasteiger partial charge in [-0.1, -0.05) is 23.7 Å². The first-order chi connectivity index (χ1) is 9.58. The Morgan fingerprint density at radius 1 is 1.20 bits per heavy atom. The third-order valence-electron chi connectivity index (χ3n) is 3.08. The van der Waals surface area contributed by atoms with E-state index < -0.39 is 11.7 Å². The zero-order valence-electron chi connectivity index (χ0n) is 10.1. The number of fused-ring (bicyclic) bond motifs is 1. The second-order valence-electron chi connectivity index (χ2n) is 4.34. The van der Waals surface area contributed by atoms with Gasteiger partial charge in [0.25, 0.3) is 11.7 Å². The summed E-state index contributed by atoms with van der Waals surface area (Å²) in [6.45, 7) is 0.290. The first-order valence-electron chi connectivity index (χ1n) is 5.83. The van der Waals surface area contributed by atoms with Gasteiger partial charge >= 0.3 is 0 Å². The minimum absolute atomic E-state index is 0.290. The van der Waals surface area contributed by atoms with Crippen molar-refractivity contribution in [3.63, 3.8) is 0 Å². The average molecular weight is 352 g/mol. The number of carbonyl (C=O) groups is 2. The molecule has 3 rings (SSSR count). The number of rotatable bonds is 2. The van der Waals surface area contributed by atoms with E-state index in [0.29, 0.717) is 20.9 Å². The maximum absolute atomic E-state index is 12.1. The lowest BCUT2D eigenvalue weighted by Crippen LogP contribution is -2.29. The monoisotopic (exact) mass is 350 g/mol. The van der Waals surface area contributed by atoms with Crippen LogP contribution in [0.5, 0.6) is 0 Å². The Bertz CT molecular complexity index is 716. The van der Waals surface area contributed by atoms with Crippen LogP contribution in [0.2, 0.25) is 5.15 Å². The van der Waals surface area contributed by atoms with E-state index in [0.717, 1.165) is 5.56 Å². The van der Waals surface area contributed by atoms with Crippen molar-refractivity contribution in [2.45, 2.75) is 6.54 Å². The molecule has 0 atom stereocenters. The van der Waals surface area contributed by atoms with Gasteiger partial charge in [-0.15, -0.1) is 0 Å². The van der Waals surface area contributed by atoms with Gasteiger partial charge in [0.1, 0.15) is 5.15 Å². The van der Waals surface area contributed by atoms with E-state index in [1.807, 2.05) is 0 Å². The van der Waals surface area contributed by atoms with Crippen molar-refractivity contribution in [1.29, 1.82) is 0 Å². The maximum atomic E-state index is 12.1. The van der Waals surface area contributed by atoms with E-state index in [-0.39, 0.29) is 6.54 Å². The summed E-state index contributed by atoms with van der Waals surface area (Å²) in [6, 6.07) is 8.73. The minimum Gasteiger partial charge on any atom is -0.300 e. The fourth-order valence-corrected chi connectivity index (χ4v) is 2.79. The van der Waals surface area contributed by atoms with Crippen LogP contribution < -0.4 is 4.90 Å². The molecule has 1 amide bonds.